The summed E-state index contributed by atoms with van der Waals surface area (Å²) < 4.78 is 0. The third-order valence-electron chi connectivity index (χ3n) is 3.90. The molecule has 0 radical (unpaired) electrons. The minimum absolute atomic E-state index is 0.408. The van der Waals surface area contributed by atoms with E-state index in [1.807, 2.05) is 0 Å². The van der Waals surface area contributed by atoms with Crippen molar-refractivity contribution in [3.05, 3.63) is 54.4 Å². The summed E-state index contributed by atoms with van der Waals surface area (Å²) in [5, 5.41) is 0. The van der Waals surface area contributed by atoms with E-state index in [2.05, 4.69) is 78.4 Å². The molecule has 20 heavy (non-hydrogen) atoms. The van der Waals surface area contributed by atoms with Crippen molar-refractivity contribution in [2.75, 3.05) is 14.1 Å². The van der Waals surface area contributed by atoms with Gasteiger partial charge in [0.25, 0.3) is 0 Å². The predicted octanol–water partition coefficient (Wildman–Crippen LogP) is 3.85. The summed E-state index contributed by atoms with van der Waals surface area (Å²) in [6, 6.07) is 15.5. The second-order valence-corrected chi connectivity index (χ2v) is 5.40. The summed E-state index contributed by atoms with van der Waals surface area (Å²) in [5.41, 5.74) is 5.87. The Morgan fingerprint density at radius 1 is 1.05 bits per heavy atom. The van der Waals surface area contributed by atoms with Crippen LogP contribution < -0.4 is 0 Å². The number of fused-ring (bicyclic) bond motifs is 1. The minimum atomic E-state index is 0.408. The molecule has 102 valence electrons. The molecule has 1 N–H and O–H groups in total. The van der Waals surface area contributed by atoms with Gasteiger partial charge in [-0.1, -0.05) is 24.3 Å². The van der Waals surface area contributed by atoms with Crippen molar-refractivity contribution in [1.82, 2.24) is 14.9 Å². The van der Waals surface area contributed by atoms with Crippen LogP contribution in [0.2, 0.25) is 0 Å². The van der Waals surface area contributed by atoms with Crippen LogP contribution in [0.3, 0.4) is 0 Å². The van der Waals surface area contributed by atoms with Gasteiger partial charge in [0.05, 0.1) is 17.4 Å². The minimum Gasteiger partial charge on any atom is -0.345 e. The van der Waals surface area contributed by atoms with Crippen LogP contribution in [0.25, 0.3) is 22.2 Å². The number of imidazole rings is 1. The lowest BCUT2D eigenvalue weighted by Gasteiger charge is -2.20. The average Bonchev–Trinajstić information content (AvgIpc) is 2.93. The Kier molecular flexibility index (Phi) is 3.28. The quantitative estimate of drug-likeness (QED) is 0.780. The van der Waals surface area contributed by atoms with Crippen molar-refractivity contribution in [2.45, 2.75) is 13.0 Å². The normalized spacial score (nSPS) is 13.0. The maximum atomic E-state index is 4.26. The summed E-state index contributed by atoms with van der Waals surface area (Å²) in [4.78, 5) is 9.65. The molecule has 0 saturated heterocycles. The van der Waals surface area contributed by atoms with Gasteiger partial charge in [-0.3, -0.25) is 0 Å². The maximum absolute atomic E-state index is 4.26. The van der Waals surface area contributed by atoms with E-state index < -0.39 is 0 Å². The number of nitrogens with zero attached hydrogens (tertiary/aromatic N) is 2. The first-order chi connectivity index (χ1) is 9.65. The van der Waals surface area contributed by atoms with E-state index in [4.69, 9.17) is 0 Å². The monoisotopic (exact) mass is 265 g/mol. The summed E-state index contributed by atoms with van der Waals surface area (Å²) >= 11 is 0. The third kappa shape index (κ3) is 2.32. The van der Waals surface area contributed by atoms with E-state index in [1.54, 1.807) is 6.33 Å². The Hall–Kier alpha value is -2.13. The molecular weight excluding hydrogens is 246 g/mol. The highest BCUT2D eigenvalue weighted by Crippen LogP contribution is 2.26. The average molecular weight is 265 g/mol. The molecule has 0 saturated carbocycles. The van der Waals surface area contributed by atoms with Crippen molar-refractivity contribution < 1.29 is 0 Å². The Morgan fingerprint density at radius 3 is 2.65 bits per heavy atom. The van der Waals surface area contributed by atoms with Gasteiger partial charge >= 0.3 is 0 Å². The fraction of sp³-hybridized carbons (Fsp3) is 0.235. The molecule has 0 spiro atoms. The van der Waals surface area contributed by atoms with Gasteiger partial charge in [-0.15, -0.1) is 0 Å². The fourth-order valence-corrected chi connectivity index (χ4v) is 2.39. The lowest BCUT2D eigenvalue weighted by atomic mass is 9.99. The first kappa shape index (κ1) is 12.9. The van der Waals surface area contributed by atoms with Gasteiger partial charge in [-0.05, 0) is 55.9 Å². The van der Waals surface area contributed by atoms with E-state index in [0.29, 0.717) is 6.04 Å². The van der Waals surface area contributed by atoms with E-state index in [9.17, 15) is 0 Å². The number of nitrogens with one attached hydrogen (secondary N) is 1. The fourth-order valence-electron chi connectivity index (χ4n) is 2.39. The summed E-state index contributed by atoms with van der Waals surface area (Å²) in [6.07, 6.45) is 1.74. The van der Waals surface area contributed by atoms with Gasteiger partial charge in [-0.25, -0.2) is 4.98 Å². The highest BCUT2D eigenvalue weighted by molar-refractivity contribution is 5.81. The zero-order chi connectivity index (χ0) is 14.1. The number of aromatic nitrogens is 2. The molecule has 1 atom stereocenters. The van der Waals surface area contributed by atoms with Crippen LogP contribution >= 0.6 is 0 Å². The standard InChI is InChI=1S/C17H19N3/c1-12(20(2)3)13-5-4-6-14(9-13)15-7-8-16-17(10-15)19-11-18-16/h4-12H,1-3H3,(H,18,19)/t12-/m0/s1. The molecule has 2 aromatic carbocycles. The first-order valence-electron chi connectivity index (χ1n) is 6.85. The topological polar surface area (TPSA) is 31.9 Å². The van der Waals surface area contributed by atoms with E-state index >= 15 is 0 Å². The number of hydrogen-bond acceptors (Lipinski definition) is 2. The molecule has 0 unspecified atom stereocenters. The first-order valence-corrected chi connectivity index (χ1v) is 6.85. The molecule has 3 heteroatoms. The molecule has 0 bridgehead atoms. The number of hydrogen-bond donors (Lipinski definition) is 1. The summed E-state index contributed by atoms with van der Waals surface area (Å²) in [7, 11) is 4.21. The highest BCUT2D eigenvalue weighted by atomic mass is 15.1. The molecule has 3 aromatic rings. The molecule has 0 fully saturated rings. The van der Waals surface area contributed by atoms with Crippen LogP contribution in [0.4, 0.5) is 0 Å². The molecular formula is C17H19N3. The van der Waals surface area contributed by atoms with Crippen molar-refractivity contribution in [3.8, 4) is 11.1 Å². The van der Waals surface area contributed by atoms with Crippen LogP contribution in [0.5, 0.6) is 0 Å². The van der Waals surface area contributed by atoms with E-state index in [-0.39, 0.29) is 0 Å². The molecule has 3 rings (SSSR count). The molecule has 1 heterocycles. The maximum Gasteiger partial charge on any atom is 0.0931 e. The molecule has 0 amide bonds. The Labute approximate surface area is 119 Å². The van der Waals surface area contributed by atoms with E-state index in [1.165, 1.54) is 16.7 Å². The largest absolute Gasteiger partial charge is 0.345 e. The Balaban J connectivity index is 2.03. The van der Waals surface area contributed by atoms with Gasteiger partial charge in [-0.2, -0.15) is 0 Å². The van der Waals surface area contributed by atoms with Gasteiger partial charge in [0.1, 0.15) is 0 Å². The summed E-state index contributed by atoms with van der Waals surface area (Å²) in [6.45, 7) is 2.22. The van der Waals surface area contributed by atoms with Crippen LogP contribution in [0, 0.1) is 0 Å². The van der Waals surface area contributed by atoms with Crippen LogP contribution in [0.1, 0.15) is 18.5 Å². The zero-order valence-corrected chi connectivity index (χ0v) is 12.1. The summed E-state index contributed by atoms with van der Waals surface area (Å²) in [5.74, 6) is 0. The molecule has 0 aliphatic heterocycles. The van der Waals surface area contributed by atoms with Crippen molar-refractivity contribution in [2.24, 2.45) is 0 Å². The second-order valence-electron chi connectivity index (χ2n) is 5.40. The number of rotatable bonds is 3. The predicted molar refractivity (Wildman–Crippen MR) is 83.6 cm³/mol. The number of aromatic amines is 1. The van der Waals surface area contributed by atoms with E-state index in [0.717, 1.165) is 11.0 Å². The van der Waals surface area contributed by atoms with Crippen LogP contribution in [-0.2, 0) is 0 Å². The van der Waals surface area contributed by atoms with Crippen LogP contribution in [-0.4, -0.2) is 29.0 Å². The number of benzene rings is 2. The molecule has 3 nitrogen and oxygen atoms in total. The van der Waals surface area contributed by atoms with Gasteiger partial charge in [0.15, 0.2) is 0 Å². The molecule has 1 aromatic heterocycles. The lowest BCUT2D eigenvalue weighted by molar-refractivity contribution is 0.321. The van der Waals surface area contributed by atoms with Crippen molar-refractivity contribution in [3.63, 3.8) is 0 Å². The number of H-pyrrole nitrogens is 1. The zero-order valence-electron chi connectivity index (χ0n) is 12.1. The SMILES string of the molecule is C[C@@H](c1cccc(-c2ccc3nc[nH]c3c2)c1)N(C)C. The van der Waals surface area contributed by atoms with Gasteiger partial charge < -0.3 is 9.88 Å². The molecule has 0 aliphatic carbocycles. The van der Waals surface area contributed by atoms with Crippen molar-refractivity contribution >= 4 is 11.0 Å². The second kappa shape index (κ2) is 5.10. The van der Waals surface area contributed by atoms with Gasteiger partial charge in [0, 0.05) is 6.04 Å². The Bertz CT molecular complexity index is 728. The highest BCUT2D eigenvalue weighted by Gasteiger charge is 2.09. The van der Waals surface area contributed by atoms with Gasteiger partial charge in [0.2, 0.25) is 0 Å². The Morgan fingerprint density at radius 2 is 1.85 bits per heavy atom. The smallest absolute Gasteiger partial charge is 0.0931 e. The third-order valence-corrected chi connectivity index (χ3v) is 3.90. The van der Waals surface area contributed by atoms with Crippen LogP contribution in [0.15, 0.2) is 48.8 Å². The van der Waals surface area contributed by atoms with Crippen molar-refractivity contribution in [1.29, 1.82) is 0 Å². The molecule has 0 aliphatic rings. The lowest BCUT2D eigenvalue weighted by Crippen LogP contribution is -2.16.